The number of imide groups is 1. The molecule has 1 aromatic heterocycles. The first-order chi connectivity index (χ1) is 9.65. The molecular weight excluding hydrogens is 262 g/mol. The molecular formula is C13H17N3O4. The number of hydrogen-bond donors (Lipinski definition) is 3. The summed E-state index contributed by atoms with van der Waals surface area (Å²) >= 11 is 0. The molecule has 3 N–H and O–H groups in total. The lowest BCUT2D eigenvalue weighted by Gasteiger charge is -2.14. The predicted molar refractivity (Wildman–Crippen MR) is 69.7 cm³/mol. The van der Waals surface area contributed by atoms with Crippen molar-refractivity contribution in [3.8, 4) is 0 Å². The van der Waals surface area contributed by atoms with Gasteiger partial charge in [0.15, 0.2) is 0 Å². The highest BCUT2D eigenvalue weighted by molar-refractivity contribution is 5.98. The minimum Gasteiger partial charge on any atom is -0.469 e. The SMILES string of the molecule is O=C1CC[C@H](C(=O)NCCCc2ccco2)NC(=O)N1. The maximum atomic E-state index is 11.9. The van der Waals surface area contributed by atoms with Gasteiger partial charge in [-0.25, -0.2) is 4.79 Å². The summed E-state index contributed by atoms with van der Waals surface area (Å²) in [5.41, 5.74) is 0. The third-order valence-corrected chi connectivity index (χ3v) is 3.01. The van der Waals surface area contributed by atoms with Gasteiger partial charge in [-0.15, -0.1) is 0 Å². The highest BCUT2D eigenvalue weighted by Crippen LogP contribution is 2.04. The fourth-order valence-electron chi connectivity index (χ4n) is 1.98. The number of carbonyl (C=O) groups excluding carboxylic acids is 3. The Morgan fingerprint density at radius 2 is 2.30 bits per heavy atom. The monoisotopic (exact) mass is 279 g/mol. The molecule has 2 heterocycles. The first kappa shape index (κ1) is 14.1. The molecule has 0 saturated carbocycles. The minimum atomic E-state index is -0.662. The maximum Gasteiger partial charge on any atom is 0.322 e. The van der Waals surface area contributed by atoms with Crippen LogP contribution in [0.1, 0.15) is 25.0 Å². The molecule has 20 heavy (non-hydrogen) atoms. The second-order valence-electron chi connectivity index (χ2n) is 4.59. The zero-order valence-electron chi connectivity index (χ0n) is 11.0. The molecule has 1 saturated heterocycles. The van der Waals surface area contributed by atoms with Crippen molar-refractivity contribution in [1.82, 2.24) is 16.0 Å². The van der Waals surface area contributed by atoms with Crippen LogP contribution in [-0.2, 0) is 16.0 Å². The molecule has 0 unspecified atom stereocenters. The van der Waals surface area contributed by atoms with E-state index in [4.69, 9.17) is 4.42 Å². The average molecular weight is 279 g/mol. The van der Waals surface area contributed by atoms with Crippen molar-refractivity contribution < 1.29 is 18.8 Å². The number of rotatable bonds is 5. The molecule has 1 aliphatic rings. The van der Waals surface area contributed by atoms with E-state index >= 15 is 0 Å². The van der Waals surface area contributed by atoms with Crippen LogP contribution in [0.2, 0.25) is 0 Å². The lowest BCUT2D eigenvalue weighted by Crippen LogP contribution is -2.48. The molecule has 1 fully saturated rings. The molecule has 0 bridgehead atoms. The van der Waals surface area contributed by atoms with Gasteiger partial charge >= 0.3 is 6.03 Å². The average Bonchev–Trinajstić information content (AvgIpc) is 2.86. The quantitative estimate of drug-likeness (QED) is 0.675. The minimum absolute atomic E-state index is 0.156. The van der Waals surface area contributed by atoms with E-state index in [0.29, 0.717) is 13.0 Å². The molecule has 1 atom stereocenters. The Balaban J connectivity index is 1.71. The summed E-state index contributed by atoms with van der Waals surface area (Å²) in [6.07, 6.45) is 3.56. The zero-order chi connectivity index (χ0) is 14.4. The van der Waals surface area contributed by atoms with E-state index in [9.17, 15) is 14.4 Å². The Hall–Kier alpha value is -2.31. The molecule has 7 heteroatoms. The van der Waals surface area contributed by atoms with Gasteiger partial charge in [0, 0.05) is 19.4 Å². The third kappa shape index (κ3) is 4.11. The van der Waals surface area contributed by atoms with Gasteiger partial charge in [0.1, 0.15) is 11.8 Å². The van der Waals surface area contributed by atoms with E-state index in [1.54, 1.807) is 6.26 Å². The second-order valence-corrected chi connectivity index (χ2v) is 4.59. The van der Waals surface area contributed by atoms with E-state index in [2.05, 4.69) is 16.0 Å². The first-order valence-electron chi connectivity index (χ1n) is 6.55. The Labute approximate surface area is 116 Å². The highest BCUT2D eigenvalue weighted by atomic mass is 16.3. The highest BCUT2D eigenvalue weighted by Gasteiger charge is 2.25. The second kappa shape index (κ2) is 6.74. The van der Waals surface area contributed by atoms with Crippen molar-refractivity contribution in [2.45, 2.75) is 31.7 Å². The largest absolute Gasteiger partial charge is 0.469 e. The predicted octanol–water partition coefficient (Wildman–Crippen LogP) is 0.317. The number of urea groups is 1. The molecule has 4 amide bonds. The molecule has 2 rings (SSSR count). The molecule has 0 spiro atoms. The number of aryl methyl sites for hydroxylation is 1. The fourth-order valence-corrected chi connectivity index (χ4v) is 1.98. The van der Waals surface area contributed by atoms with Gasteiger partial charge in [-0.3, -0.25) is 14.9 Å². The van der Waals surface area contributed by atoms with E-state index in [1.807, 2.05) is 12.1 Å². The Morgan fingerprint density at radius 3 is 3.05 bits per heavy atom. The first-order valence-corrected chi connectivity index (χ1v) is 6.55. The number of carbonyl (C=O) groups is 3. The molecule has 0 aromatic carbocycles. The lowest BCUT2D eigenvalue weighted by molar-refractivity contribution is -0.123. The molecule has 0 aliphatic carbocycles. The van der Waals surface area contributed by atoms with Gasteiger partial charge in [0.25, 0.3) is 0 Å². The maximum absolute atomic E-state index is 11.9. The van der Waals surface area contributed by atoms with Crippen LogP contribution >= 0.6 is 0 Å². The van der Waals surface area contributed by atoms with Crippen molar-refractivity contribution in [2.24, 2.45) is 0 Å². The lowest BCUT2D eigenvalue weighted by atomic mass is 10.1. The van der Waals surface area contributed by atoms with Crippen molar-refractivity contribution in [3.05, 3.63) is 24.2 Å². The van der Waals surface area contributed by atoms with Crippen LogP contribution in [0, 0.1) is 0 Å². The summed E-state index contributed by atoms with van der Waals surface area (Å²) in [6, 6.07) is 2.41. The molecule has 108 valence electrons. The van der Waals surface area contributed by atoms with Crippen LogP contribution in [0.15, 0.2) is 22.8 Å². The number of furan rings is 1. The van der Waals surface area contributed by atoms with Gasteiger partial charge in [-0.05, 0) is 25.0 Å². The van der Waals surface area contributed by atoms with Crippen LogP contribution in [0.25, 0.3) is 0 Å². The van der Waals surface area contributed by atoms with E-state index in [1.165, 1.54) is 0 Å². The molecule has 1 aromatic rings. The van der Waals surface area contributed by atoms with Crippen molar-refractivity contribution in [2.75, 3.05) is 6.54 Å². The molecule has 0 radical (unpaired) electrons. The number of nitrogens with one attached hydrogen (secondary N) is 3. The Morgan fingerprint density at radius 1 is 1.45 bits per heavy atom. The van der Waals surface area contributed by atoms with Crippen LogP contribution in [0.3, 0.4) is 0 Å². The van der Waals surface area contributed by atoms with Crippen molar-refractivity contribution >= 4 is 17.8 Å². The molecule has 7 nitrogen and oxygen atoms in total. The van der Waals surface area contributed by atoms with Crippen molar-refractivity contribution in [1.29, 1.82) is 0 Å². The third-order valence-electron chi connectivity index (χ3n) is 3.01. The summed E-state index contributed by atoms with van der Waals surface area (Å²) in [4.78, 5) is 34.3. The zero-order valence-corrected chi connectivity index (χ0v) is 11.0. The number of amides is 4. The normalized spacial score (nSPS) is 18.9. The van der Waals surface area contributed by atoms with E-state index < -0.39 is 12.1 Å². The standard InChI is InChI=1S/C13H17N3O4/c17-11-6-5-10(15-13(19)16-11)12(18)14-7-1-3-9-4-2-8-20-9/h2,4,8,10H,1,3,5-7H2,(H,14,18)(H2,15,16,17,19)/t10-/m1/s1. The van der Waals surface area contributed by atoms with Gasteiger partial charge < -0.3 is 15.1 Å². The number of hydrogen-bond acceptors (Lipinski definition) is 4. The Bertz CT molecular complexity index is 484. The van der Waals surface area contributed by atoms with Gasteiger partial charge in [0.2, 0.25) is 11.8 Å². The summed E-state index contributed by atoms with van der Waals surface area (Å²) in [5, 5.41) is 7.34. The van der Waals surface area contributed by atoms with Gasteiger partial charge in [0.05, 0.1) is 6.26 Å². The summed E-state index contributed by atoms with van der Waals surface area (Å²) in [6.45, 7) is 0.493. The van der Waals surface area contributed by atoms with Crippen molar-refractivity contribution in [3.63, 3.8) is 0 Å². The summed E-state index contributed by atoms with van der Waals surface area (Å²) in [7, 11) is 0. The van der Waals surface area contributed by atoms with Crippen LogP contribution in [0.4, 0.5) is 4.79 Å². The Kier molecular flexibility index (Phi) is 4.75. The molecule has 1 aliphatic heterocycles. The van der Waals surface area contributed by atoms with Crippen LogP contribution < -0.4 is 16.0 Å². The van der Waals surface area contributed by atoms with Gasteiger partial charge in [-0.1, -0.05) is 0 Å². The summed E-state index contributed by atoms with van der Waals surface area (Å²) < 4.78 is 5.18. The van der Waals surface area contributed by atoms with Crippen LogP contribution in [0.5, 0.6) is 0 Å². The summed E-state index contributed by atoms with van der Waals surface area (Å²) in [5.74, 6) is 0.238. The smallest absolute Gasteiger partial charge is 0.322 e. The van der Waals surface area contributed by atoms with E-state index in [-0.39, 0.29) is 18.2 Å². The van der Waals surface area contributed by atoms with Gasteiger partial charge in [-0.2, -0.15) is 0 Å². The van der Waals surface area contributed by atoms with Crippen LogP contribution in [-0.4, -0.2) is 30.4 Å². The van der Waals surface area contributed by atoms with E-state index in [0.717, 1.165) is 18.6 Å². The topological polar surface area (TPSA) is 100 Å². The fraction of sp³-hybridized carbons (Fsp3) is 0.462.